The Morgan fingerprint density at radius 1 is 1.20 bits per heavy atom. The molecule has 0 saturated carbocycles. The Morgan fingerprint density at radius 3 is 2.53 bits per heavy atom. The number of aryl methyl sites for hydroxylation is 2. The Labute approximate surface area is 181 Å². The van der Waals surface area contributed by atoms with Crippen LogP contribution in [0.4, 0.5) is 5.13 Å². The highest BCUT2D eigenvalue weighted by Crippen LogP contribution is 2.36. The average molecular weight is 431 g/mol. The number of nitrogens with one attached hydrogen (secondary N) is 1. The van der Waals surface area contributed by atoms with Crippen LogP contribution in [0.2, 0.25) is 0 Å². The van der Waals surface area contributed by atoms with E-state index >= 15 is 0 Å². The number of aromatic nitrogens is 2. The molecule has 0 unspecified atom stereocenters. The summed E-state index contributed by atoms with van der Waals surface area (Å²) in [7, 11) is 0. The molecule has 30 heavy (non-hydrogen) atoms. The molecule has 2 aliphatic heterocycles. The van der Waals surface area contributed by atoms with Gasteiger partial charge in [0, 0.05) is 31.1 Å². The van der Waals surface area contributed by atoms with Gasteiger partial charge >= 0.3 is 0 Å². The highest BCUT2D eigenvalue weighted by atomic mass is 32.1. The molecular weight excluding hydrogens is 400 g/mol. The van der Waals surface area contributed by atoms with Crippen molar-refractivity contribution in [2.75, 3.05) is 31.2 Å². The van der Waals surface area contributed by atoms with Crippen LogP contribution in [-0.2, 0) is 20.8 Å². The lowest BCUT2D eigenvalue weighted by atomic mass is 10.1. The van der Waals surface area contributed by atoms with Gasteiger partial charge in [-0.25, -0.2) is 4.98 Å². The van der Waals surface area contributed by atoms with Crippen molar-refractivity contribution >= 4 is 22.4 Å². The molecule has 0 aliphatic carbocycles. The van der Waals surface area contributed by atoms with Gasteiger partial charge in [-0.3, -0.25) is 9.78 Å². The van der Waals surface area contributed by atoms with E-state index in [1.54, 1.807) is 11.3 Å². The number of hydrogen-bond acceptors (Lipinski definition) is 7. The largest absolute Gasteiger partial charge is 0.381 e. The first-order valence-corrected chi connectivity index (χ1v) is 11.4. The number of ether oxygens (including phenoxy) is 2. The monoisotopic (exact) mass is 430 g/mol. The lowest BCUT2D eigenvalue weighted by molar-refractivity contribution is -0.125. The summed E-state index contributed by atoms with van der Waals surface area (Å²) in [4.78, 5) is 25.4. The molecule has 4 rings (SSSR count). The Balaban J connectivity index is 1.62. The van der Waals surface area contributed by atoms with Crippen molar-refractivity contribution in [1.29, 1.82) is 0 Å². The SMILES string of the molecule is Cc1cc(-c2sc(N3C[C@@H](C)O[C@@H](C)C3)nc2CNC(=O)[C@H]2CCOC2)cc(C)n1. The number of thiazole rings is 1. The van der Waals surface area contributed by atoms with Crippen molar-refractivity contribution in [2.45, 2.75) is 52.9 Å². The second-order valence-electron chi connectivity index (χ2n) is 8.35. The molecule has 2 aliphatic rings. The Hall–Kier alpha value is -2.03. The fourth-order valence-electron chi connectivity index (χ4n) is 4.18. The maximum atomic E-state index is 12.5. The molecule has 1 amide bonds. The summed E-state index contributed by atoms with van der Waals surface area (Å²) < 4.78 is 11.2. The number of anilines is 1. The third-order valence-electron chi connectivity index (χ3n) is 5.45. The fraction of sp³-hybridized carbons (Fsp3) is 0.591. The van der Waals surface area contributed by atoms with Crippen molar-refractivity contribution in [1.82, 2.24) is 15.3 Å². The molecule has 7 nitrogen and oxygen atoms in total. The second kappa shape index (κ2) is 8.99. The van der Waals surface area contributed by atoms with Crippen molar-refractivity contribution in [2.24, 2.45) is 5.92 Å². The molecule has 0 aromatic carbocycles. The molecule has 0 bridgehead atoms. The molecule has 3 atom stereocenters. The number of carbonyl (C=O) groups is 1. The van der Waals surface area contributed by atoms with Gasteiger partial charge in [0.2, 0.25) is 5.91 Å². The van der Waals surface area contributed by atoms with Crippen LogP contribution >= 0.6 is 11.3 Å². The lowest BCUT2D eigenvalue weighted by Crippen LogP contribution is -2.45. The Bertz CT molecular complexity index is 880. The molecule has 2 aromatic heterocycles. The molecule has 2 fully saturated rings. The second-order valence-corrected chi connectivity index (χ2v) is 9.33. The molecule has 1 N–H and O–H groups in total. The number of hydrogen-bond donors (Lipinski definition) is 1. The van der Waals surface area contributed by atoms with Gasteiger partial charge in [0.25, 0.3) is 0 Å². The first kappa shape index (κ1) is 21.2. The Morgan fingerprint density at radius 2 is 1.90 bits per heavy atom. The molecule has 4 heterocycles. The van der Waals surface area contributed by atoms with E-state index in [2.05, 4.69) is 41.2 Å². The highest BCUT2D eigenvalue weighted by Gasteiger charge is 2.27. The van der Waals surface area contributed by atoms with E-state index in [4.69, 9.17) is 14.5 Å². The molecule has 2 saturated heterocycles. The summed E-state index contributed by atoms with van der Waals surface area (Å²) in [6.07, 6.45) is 1.11. The van der Waals surface area contributed by atoms with Gasteiger partial charge in [-0.15, -0.1) is 0 Å². The minimum absolute atomic E-state index is 0.0451. The number of pyridine rings is 1. The van der Waals surface area contributed by atoms with E-state index in [-0.39, 0.29) is 24.0 Å². The van der Waals surface area contributed by atoms with E-state index in [1.807, 2.05) is 13.8 Å². The van der Waals surface area contributed by atoms with Crippen molar-refractivity contribution in [3.05, 3.63) is 29.2 Å². The van der Waals surface area contributed by atoms with Crippen LogP contribution in [0.5, 0.6) is 0 Å². The van der Waals surface area contributed by atoms with Gasteiger partial charge < -0.3 is 19.7 Å². The van der Waals surface area contributed by atoms with Gasteiger partial charge in [0.1, 0.15) is 0 Å². The van der Waals surface area contributed by atoms with Crippen LogP contribution in [0.25, 0.3) is 10.4 Å². The van der Waals surface area contributed by atoms with Gasteiger partial charge in [-0.1, -0.05) is 11.3 Å². The predicted molar refractivity (Wildman–Crippen MR) is 118 cm³/mol. The zero-order valence-electron chi connectivity index (χ0n) is 18.1. The molecule has 0 radical (unpaired) electrons. The summed E-state index contributed by atoms with van der Waals surface area (Å²) in [5, 5.41) is 4.06. The summed E-state index contributed by atoms with van der Waals surface area (Å²) in [5.74, 6) is -0.0124. The van der Waals surface area contributed by atoms with Crippen LogP contribution in [0, 0.1) is 19.8 Å². The van der Waals surface area contributed by atoms with Crippen molar-refractivity contribution in [3.63, 3.8) is 0 Å². The standard InChI is InChI=1S/C22H30N4O3S/c1-13-7-18(8-14(2)24-13)20-19(9-23-21(27)17-5-6-28-12-17)25-22(30-20)26-10-15(3)29-16(4)11-26/h7-8,15-17H,5-6,9-12H2,1-4H3,(H,23,27)/t15-,16+,17-/m0/s1. The van der Waals surface area contributed by atoms with E-state index in [0.717, 1.165) is 52.2 Å². The zero-order valence-corrected chi connectivity index (χ0v) is 18.9. The van der Waals surface area contributed by atoms with Crippen LogP contribution in [0.1, 0.15) is 37.4 Å². The minimum Gasteiger partial charge on any atom is -0.381 e. The summed E-state index contributed by atoms with van der Waals surface area (Å²) in [5.41, 5.74) is 3.96. The van der Waals surface area contributed by atoms with Gasteiger partial charge in [0.05, 0.1) is 41.8 Å². The van der Waals surface area contributed by atoms with E-state index in [9.17, 15) is 4.79 Å². The highest BCUT2D eigenvalue weighted by molar-refractivity contribution is 7.19. The summed E-state index contributed by atoms with van der Waals surface area (Å²) >= 11 is 1.68. The van der Waals surface area contributed by atoms with Crippen LogP contribution in [0.3, 0.4) is 0 Å². The molecular formula is C22H30N4O3S. The van der Waals surface area contributed by atoms with Gasteiger partial charge in [-0.05, 0) is 51.8 Å². The maximum absolute atomic E-state index is 12.5. The fourth-order valence-corrected chi connectivity index (χ4v) is 5.26. The van der Waals surface area contributed by atoms with Crippen LogP contribution in [-0.4, -0.2) is 54.4 Å². The van der Waals surface area contributed by atoms with E-state index in [0.29, 0.717) is 19.8 Å². The first-order valence-electron chi connectivity index (χ1n) is 10.6. The molecule has 2 aromatic rings. The lowest BCUT2D eigenvalue weighted by Gasteiger charge is -2.35. The number of carbonyl (C=O) groups excluding carboxylic acids is 1. The quantitative estimate of drug-likeness (QED) is 0.786. The third kappa shape index (κ3) is 4.82. The first-order chi connectivity index (χ1) is 14.4. The van der Waals surface area contributed by atoms with Crippen LogP contribution < -0.4 is 10.2 Å². The van der Waals surface area contributed by atoms with E-state index < -0.39 is 0 Å². The summed E-state index contributed by atoms with van der Waals surface area (Å²) in [6.45, 7) is 11.4. The number of morpholine rings is 1. The predicted octanol–water partition coefficient (Wildman–Crippen LogP) is 3.09. The maximum Gasteiger partial charge on any atom is 0.225 e. The number of nitrogens with zero attached hydrogens (tertiary/aromatic N) is 3. The topological polar surface area (TPSA) is 76.6 Å². The van der Waals surface area contributed by atoms with Crippen LogP contribution in [0.15, 0.2) is 12.1 Å². The van der Waals surface area contributed by atoms with Gasteiger partial charge in [0.15, 0.2) is 5.13 Å². The van der Waals surface area contributed by atoms with E-state index in [1.165, 1.54) is 0 Å². The zero-order chi connectivity index (χ0) is 21.3. The minimum atomic E-state index is -0.0575. The van der Waals surface area contributed by atoms with Crippen molar-refractivity contribution in [3.8, 4) is 10.4 Å². The molecule has 8 heteroatoms. The number of rotatable bonds is 5. The number of amides is 1. The van der Waals surface area contributed by atoms with Crippen molar-refractivity contribution < 1.29 is 14.3 Å². The Kier molecular flexibility index (Phi) is 6.36. The smallest absolute Gasteiger partial charge is 0.225 e. The van der Waals surface area contributed by atoms with Gasteiger partial charge in [-0.2, -0.15) is 0 Å². The average Bonchev–Trinajstić information content (AvgIpc) is 3.35. The molecule has 0 spiro atoms. The molecule has 162 valence electrons. The summed E-state index contributed by atoms with van der Waals surface area (Å²) in [6, 6.07) is 4.18. The normalized spacial score (nSPS) is 24.3. The third-order valence-corrected chi connectivity index (χ3v) is 6.66.